The van der Waals surface area contributed by atoms with Crippen LogP contribution in [0.2, 0.25) is 0 Å². The lowest BCUT2D eigenvalue weighted by Gasteiger charge is -2.15. The summed E-state index contributed by atoms with van der Waals surface area (Å²) in [6.07, 6.45) is 4.66. The molecule has 1 aromatic carbocycles. The van der Waals surface area contributed by atoms with Crippen molar-refractivity contribution in [3.05, 3.63) is 53.9 Å². The van der Waals surface area contributed by atoms with Crippen LogP contribution in [0.25, 0.3) is 0 Å². The van der Waals surface area contributed by atoms with Crippen molar-refractivity contribution in [1.29, 1.82) is 0 Å². The summed E-state index contributed by atoms with van der Waals surface area (Å²) >= 11 is 0. The number of hydrogen-bond donors (Lipinski definition) is 2. The van der Waals surface area contributed by atoms with E-state index in [4.69, 9.17) is 0 Å². The van der Waals surface area contributed by atoms with Gasteiger partial charge in [0, 0.05) is 24.1 Å². The molecule has 1 saturated heterocycles. The summed E-state index contributed by atoms with van der Waals surface area (Å²) in [5, 5.41) is 3.46. The summed E-state index contributed by atoms with van der Waals surface area (Å²) in [5.41, 5.74) is 3.81. The van der Waals surface area contributed by atoms with Crippen molar-refractivity contribution >= 4 is 5.69 Å². The molecule has 0 radical (unpaired) electrons. The first-order valence-electron chi connectivity index (χ1n) is 7.07. The Balaban J connectivity index is 1.59. The van der Waals surface area contributed by atoms with Gasteiger partial charge in [0.1, 0.15) is 0 Å². The SMILES string of the molecule is c1cc(CN2CCCC2)cc(NCc2ccc[nH]2)c1. The number of nitrogens with one attached hydrogen (secondary N) is 2. The van der Waals surface area contributed by atoms with E-state index in [-0.39, 0.29) is 0 Å². The molecule has 3 nitrogen and oxygen atoms in total. The molecule has 100 valence electrons. The summed E-state index contributed by atoms with van der Waals surface area (Å²) < 4.78 is 0. The molecular weight excluding hydrogens is 234 g/mol. The van der Waals surface area contributed by atoms with Crippen molar-refractivity contribution in [2.45, 2.75) is 25.9 Å². The van der Waals surface area contributed by atoms with Gasteiger partial charge in [0.2, 0.25) is 0 Å². The molecule has 1 aromatic heterocycles. The molecular formula is C16H21N3. The third-order valence-corrected chi connectivity index (χ3v) is 3.68. The van der Waals surface area contributed by atoms with Crippen molar-refractivity contribution < 1.29 is 0 Å². The predicted octanol–water partition coefficient (Wildman–Crippen LogP) is 3.22. The first-order valence-corrected chi connectivity index (χ1v) is 7.07. The molecule has 3 rings (SSSR count). The van der Waals surface area contributed by atoms with Gasteiger partial charge in [-0.15, -0.1) is 0 Å². The van der Waals surface area contributed by atoms with E-state index in [0.29, 0.717) is 0 Å². The topological polar surface area (TPSA) is 31.1 Å². The lowest BCUT2D eigenvalue weighted by atomic mass is 10.2. The summed E-state index contributed by atoms with van der Waals surface area (Å²) in [6, 6.07) is 12.9. The Kier molecular flexibility index (Phi) is 3.84. The Labute approximate surface area is 114 Å². The van der Waals surface area contributed by atoms with Gasteiger partial charge < -0.3 is 10.3 Å². The normalized spacial score (nSPS) is 15.8. The standard InChI is InChI=1S/C16H21N3/c1-2-10-19(9-1)13-14-5-3-6-15(11-14)18-12-16-7-4-8-17-16/h3-8,11,17-18H,1-2,9-10,12-13H2. The quantitative estimate of drug-likeness (QED) is 0.859. The Hall–Kier alpha value is -1.74. The third-order valence-electron chi connectivity index (χ3n) is 3.68. The van der Waals surface area contributed by atoms with E-state index in [1.807, 2.05) is 12.3 Å². The summed E-state index contributed by atoms with van der Waals surface area (Å²) in [5.74, 6) is 0. The fourth-order valence-corrected chi connectivity index (χ4v) is 2.65. The molecule has 19 heavy (non-hydrogen) atoms. The maximum atomic E-state index is 3.46. The molecule has 0 atom stereocenters. The lowest BCUT2D eigenvalue weighted by molar-refractivity contribution is 0.331. The average Bonchev–Trinajstić information content (AvgIpc) is 3.10. The molecule has 2 N–H and O–H groups in total. The molecule has 0 amide bonds. The molecule has 1 aliphatic rings. The van der Waals surface area contributed by atoms with E-state index in [9.17, 15) is 0 Å². The van der Waals surface area contributed by atoms with Crippen LogP contribution < -0.4 is 5.32 Å². The summed E-state index contributed by atoms with van der Waals surface area (Å²) in [7, 11) is 0. The largest absolute Gasteiger partial charge is 0.379 e. The van der Waals surface area contributed by atoms with Crippen LogP contribution in [0.4, 0.5) is 5.69 Å². The van der Waals surface area contributed by atoms with Crippen LogP contribution in [0, 0.1) is 0 Å². The first kappa shape index (κ1) is 12.3. The smallest absolute Gasteiger partial charge is 0.0551 e. The zero-order chi connectivity index (χ0) is 12.9. The maximum absolute atomic E-state index is 3.46. The monoisotopic (exact) mass is 255 g/mol. The zero-order valence-electron chi connectivity index (χ0n) is 11.2. The molecule has 3 heteroatoms. The number of rotatable bonds is 5. The van der Waals surface area contributed by atoms with E-state index < -0.39 is 0 Å². The van der Waals surface area contributed by atoms with Crippen molar-refractivity contribution in [1.82, 2.24) is 9.88 Å². The minimum Gasteiger partial charge on any atom is -0.379 e. The fraction of sp³-hybridized carbons (Fsp3) is 0.375. The Morgan fingerprint density at radius 3 is 2.79 bits per heavy atom. The van der Waals surface area contributed by atoms with Crippen LogP contribution in [-0.4, -0.2) is 23.0 Å². The van der Waals surface area contributed by atoms with Crippen molar-refractivity contribution in [2.75, 3.05) is 18.4 Å². The minimum absolute atomic E-state index is 0.847. The number of H-pyrrole nitrogens is 1. The molecule has 1 fully saturated rings. The molecule has 0 bridgehead atoms. The van der Waals surface area contributed by atoms with Gasteiger partial charge in [-0.3, -0.25) is 4.90 Å². The molecule has 0 saturated carbocycles. The summed E-state index contributed by atoms with van der Waals surface area (Å²) in [4.78, 5) is 5.74. The van der Waals surface area contributed by atoms with E-state index in [1.165, 1.54) is 42.9 Å². The van der Waals surface area contributed by atoms with Gasteiger partial charge >= 0.3 is 0 Å². The van der Waals surface area contributed by atoms with Crippen LogP contribution in [0.5, 0.6) is 0 Å². The molecule has 0 spiro atoms. The second-order valence-corrected chi connectivity index (χ2v) is 5.23. The highest BCUT2D eigenvalue weighted by Gasteiger charge is 2.11. The molecule has 0 unspecified atom stereocenters. The van der Waals surface area contributed by atoms with Crippen molar-refractivity contribution in [2.24, 2.45) is 0 Å². The fourth-order valence-electron chi connectivity index (χ4n) is 2.65. The minimum atomic E-state index is 0.847. The van der Waals surface area contributed by atoms with Gasteiger partial charge in [0.25, 0.3) is 0 Å². The number of anilines is 1. The number of aromatic amines is 1. The van der Waals surface area contributed by atoms with Crippen LogP contribution in [0.1, 0.15) is 24.1 Å². The molecule has 2 heterocycles. The number of aromatic nitrogens is 1. The molecule has 1 aliphatic heterocycles. The number of benzene rings is 1. The third kappa shape index (κ3) is 3.38. The highest BCUT2D eigenvalue weighted by atomic mass is 15.1. The van der Waals surface area contributed by atoms with Crippen LogP contribution >= 0.6 is 0 Å². The van der Waals surface area contributed by atoms with Crippen molar-refractivity contribution in [3.63, 3.8) is 0 Å². The van der Waals surface area contributed by atoms with Gasteiger partial charge in [-0.2, -0.15) is 0 Å². The zero-order valence-corrected chi connectivity index (χ0v) is 11.2. The Morgan fingerprint density at radius 1 is 1.11 bits per heavy atom. The number of nitrogens with zero attached hydrogens (tertiary/aromatic N) is 1. The van der Waals surface area contributed by atoms with Gasteiger partial charge in [-0.1, -0.05) is 12.1 Å². The second-order valence-electron chi connectivity index (χ2n) is 5.23. The van der Waals surface area contributed by atoms with E-state index in [0.717, 1.165) is 13.1 Å². The van der Waals surface area contributed by atoms with Gasteiger partial charge in [0.15, 0.2) is 0 Å². The van der Waals surface area contributed by atoms with E-state index >= 15 is 0 Å². The van der Waals surface area contributed by atoms with Crippen molar-refractivity contribution in [3.8, 4) is 0 Å². The maximum Gasteiger partial charge on any atom is 0.0551 e. The highest BCUT2D eigenvalue weighted by molar-refractivity contribution is 5.46. The number of likely N-dealkylation sites (tertiary alicyclic amines) is 1. The van der Waals surface area contributed by atoms with Gasteiger partial charge in [-0.25, -0.2) is 0 Å². The van der Waals surface area contributed by atoms with Crippen LogP contribution in [0.15, 0.2) is 42.6 Å². The Morgan fingerprint density at radius 2 is 2.00 bits per heavy atom. The lowest BCUT2D eigenvalue weighted by Crippen LogP contribution is -2.18. The van der Waals surface area contributed by atoms with Gasteiger partial charge in [0.05, 0.1) is 6.54 Å². The first-order chi connectivity index (χ1) is 9.40. The van der Waals surface area contributed by atoms with E-state index in [1.54, 1.807) is 0 Å². The molecule has 2 aromatic rings. The van der Waals surface area contributed by atoms with E-state index in [2.05, 4.69) is 45.5 Å². The van der Waals surface area contributed by atoms with Crippen LogP contribution in [0.3, 0.4) is 0 Å². The summed E-state index contributed by atoms with van der Waals surface area (Å²) in [6.45, 7) is 4.43. The van der Waals surface area contributed by atoms with Crippen LogP contribution in [-0.2, 0) is 13.1 Å². The number of hydrogen-bond acceptors (Lipinski definition) is 2. The highest BCUT2D eigenvalue weighted by Crippen LogP contribution is 2.16. The predicted molar refractivity (Wildman–Crippen MR) is 79.1 cm³/mol. The second kappa shape index (κ2) is 5.93. The average molecular weight is 255 g/mol. The Bertz CT molecular complexity index is 498. The molecule has 0 aliphatic carbocycles. The van der Waals surface area contributed by atoms with Gasteiger partial charge in [-0.05, 0) is 55.8 Å².